The molecule has 0 aliphatic heterocycles. The fraction of sp³-hybridized carbons (Fsp3) is 0.0154. The summed E-state index contributed by atoms with van der Waals surface area (Å²) in [5, 5.41) is 5.11. The second kappa shape index (κ2) is 16.0. The lowest BCUT2D eigenvalue weighted by Gasteiger charge is -2.34. The first-order chi connectivity index (χ1) is 33.2. The number of anilines is 3. The summed E-state index contributed by atoms with van der Waals surface area (Å²) >= 11 is 1.86. The highest BCUT2D eigenvalue weighted by Gasteiger charge is 2.46. The number of hydrogen-bond acceptors (Lipinski definition) is 2. The zero-order valence-corrected chi connectivity index (χ0v) is 37.5. The van der Waals surface area contributed by atoms with Crippen molar-refractivity contribution >= 4 is 59.3 Å². The fourth-order valence-corrected chi connectivity index (χ4v) is 11.9. The van der Waals surface area contributed by atoms with Gasteiger partial charge in [-0.2, -0.15) is 0 Å². The van der Waals surface area contributed by atoms with E-state index in [-0.39, 0.29) is 0 Å². The average Bonchev–Trinajstić information content (AvgIpc) is 3.93. The van der Waals surface area contributed by atoms with Gasteiger partial charge in [0.1, 0.15) is 0 Å². The molecule has 0 N–H and O–H groups in total. The SMILES string of the molecule is c1ccc(C2(c3ccccc3)c3ccccc3-c3ccc(-c4ccc(N(c5ccc(-c6ccc7sc8ccccc8c7c6)cc5)c5cccc(-c6ccc7ccccc7c6)c5)cc4)cc32)cc1. The molecule has 0 saturated heterocycles. The first-order valence-corrected chi connectivity index (χ1v) is 23.9. The smallest absolute Gasteiger partial charge is 0.0713 e. The lowest BCUT2D eigenvalue weighted by Crippen LogP contribution is -2.28. The minimum atomic E-state index is -0.452. The Balaban J connectivity index is 0.915. The molecular formula is C65H43NS. The number of rotatable bonds is 8. The third kappa shape index (κ3) is 6.52. The van der Waals surface area contributed by atoms with Crippen molar-refractivity contribution in [2.75, 3.05) is 4.90 Å². The van der Waals surface area contributed by atoms with Gasteiger partial charge < -0.3 is 4.90 Å². The van der Waals surface area contributed by atoms with Gasteiger partial charge in [-0.25, -0.2) is 0 Å². The van der Waals surface area contributed by atoms with Crippen LogP contribution in [0.4, 0.5) is 17.1 Å². The maximum Gasteiger partial charge on any atom is 0.0713 e. The van der Waals surface area contributed by atoms with Crippen molar-refractivity contribution in [1.82, 2.24) is 0 Å². The summed E-state index contributed by atoms with van der Waals surface area (Å²) in [7, 11) is 0. The molecule has 0 radical (unpaired) electrons. The number of hydrogen-bond donors (Lipinski definition) is 0. The Morgan fingerprint density at radius 2 is 0.821 bits per heavy atom. The van der Waals surface area contributed by atoms with Gasteiger partial charge in [-0.15, -0.1) is 11.3 Å². The lowest BCUT2D eigenvalue weighted by molar-refractivity contribution is 0.769. The van der Waals surface area contributed by atoms with Gasteiger partial charge in [-0.3, -0.25) is 0 Å². The zero-order valence-electron chi connectivity index (χ0n) is 36.7. The molecule has 0 bridgehead atoms. The van der Waals surface area contributed by atoms with Crippen molar-refractivity contribution in [1.29, 1.82) is 0 Å². The Morgan fingerprint density at radius 3 is 1.57 bits per heavy atom. The molecule has 1 nitrogen and oxygen atoms in total. The number of benzene rings is 11. The van der Waals surface area contributed by atoms with Gasteiger partial charge in [0.25, 0.3) is 0 Å². The van der Waals surface area contributed by atoms with Crippen LogP contribution in [-0.4, -0.2) is 0 Å². The molecule has 1 aromatic heterocycles. The Morgan fingerprint density at radius 1 is 0.284 bits per heavy atom. The van der Waals surface area contributed by atoms with Crippen LogP contribution in [0.1, 0.15) is 22.3 Å². The molecule has 0 saturated carbocycles. The van der Waals surface area contributed by atoms with Crippen LogP contribution in [0, 0.1) is 0 Å². The van der Waals surface area contributed by atoms with Crippen LogP contribution in [0.3, 0.4) is 0 Å². The second-order valence-electron chi connectivity index (χ2n) is 17.6. The summed E-state index contributed by atoms with van der Waals surface area (Å²) in [6.07, 6.45) is 0. The molecule has 0 unspecified atom stereocenters. The van der Waals surface area contributed by atoms with Gasteiger partial charge in [-0.05, 0) is 144 Å². The van der Waals surface area contributed by atoms with Crippen LogP contribution < -0.4 is 4.90 Å². The molecule has 12 aromatic rings. The Bertz CT molecular complexity index is 3750. The third-order valence-corrected chi connectivity index (χ3v) is 15.1. The molecular weight excluding hydrogens is 827 g/mol. The minimum Gasteiger partial charge on any atom is -0.310 e. The van der Waals surface area contributed by atoms with E-state index in [0.717, 1.165) is 17.1 Å². The van der Waals surface area contributed by atoms with Crippen LogP contribution in [0.2, 0.25) is 0 Å². The van der Waals surface area contributed by atoms with Gasteiger partial charge in [0.05, 0.1) is 5.41 Å². The van der Waals surface area contributed by atoms with Crippen LogP contribution in [-0.2, 0) is 5.41 Å². The maximum absolute atomic E-state index is 2.45. The van der Waals surface area contributed by atoms with E-state index in [0.29, 0.717) is 0 Å². The summed E-state index contributed by atoms with van der Waals surface area (Å²) in [6.45, 7) is 0. The Hall–Kier alpha value is -8.30. The normalized spacial score (nSPS) is 12.6. The van der Waals surface area contributed by atoms with Crippen molar-refractivity contribution in [2.24, 2.45) is 0 Å². The van der Waals surface area contributed by atoms with Crippen LogP contribution in [0.15, 0.2) is 261 Å². The maximum atomic E-state index is 2.45. The van der Waals surface area contributed by atoms with E-state index >= 15 is 0 Å². The van der Waals surface area contributed by atoms with E-state index in [1.807, 2.05) is 11.3 Å². The Kier molecular flexibility index (Phi) is 9.33. The molecule has 13 rings (SSSR count). The monoisotopic (exact) mass is 869 g/mol. The number of thiophene rings is 1. The molecule has 0 fully saturated rings. The molecule has 1 aliphatic carbocycles. The van der Waals surface area contributed by atoms with Crippen LogP contribution in [0.5, 0.6) is 0 Å². The first kappa shape index (κ1) is 39.1. The van der Waals surface area contributed by atoms with Gasteiger partial charge in [0.15, 0.2) is 0 Å². The van der Waals surface area contributed by atoms with E-state index in [9.17, 15) is 0 Å². The Labute approximate surface area is 395 Å². The van der Waals surface area contributed by atoms with Crippen LogP contribution >= 0.6 is 11.3 Å². The molecule has 314 valence electrons. The number of fused-ring (bicyclic) bond motifs is 7. The van der Waals surface area contributed by atoms with E-state index in [1.165, 1.54) is 97.7 Å². The van der Waals surface area contributed by atoms with E-state index in [1.54, 1.807) is 0 Å². The van der Waals surface area contributed by atoms with Crippen molar-refractivity contribution in [2.45, 2.75) is 5.41 Å². The van der Waals surface area contributed by atoms with Crippen LogP contribution in [0.25, 0.3) is 75.5 Å². The van der Waals surface area contributed by atoms with Crippen molar-refractivity contribution < 1.29 is 0 Å². The largest absolute Gasteiger partial charge is 0.310 e. The van der Waals surface area contributed by atoms with Gasteiger partial charge >= 0.3 is 0 Å². The standard InChI is InChI=1S/C65H43NS/c1-3-17-52(18-4-1)65(53-19-5-2-6-20-53)61-24-11-9-22-57(61)58-38-32-51(43-62(58)65)46-30-36-55(37-31-46)66(56-21-13-16-48(41-56)49-27-26-44-14-7-8-15-47(44)40-49)54-34-28-45(29-35-54)50-33-39-64-60(42-50)59-23-10-12-25-63(59)67-64/h1-43H. The van der Waals surface area contributed by atoms with Gasteiger partial charge in [-0.1, -0.05) is 194 Å². The molecule has 1 heterocycles. The zero-order chi connectivity index (χ0) is 44.3. The van der Waals surface area contributed by atoms with E-state index < -0.39 is 5.41 Å². The van der Waals surface area contributed by atoms with Crippen molar-refractivity contribution in [3.63, 3.8) is 0 Å². The van der Waals surface area contributed by atoms with Crippen molar-refractivity contribution in [3.8, 4) is 44.5 Å². The highest BCUT2D eigenvalue weighted by molar-refractivity contribution is 7.25. The molecule has 2 heteroatoms. The number of nitrogens with zero attached hydrogens (tertiary/aromatic N) is 1. The summed E-state index contributed by atoms with van der Waals surface area (Å²) in [6, 6.07) is 96.3. The predicted octanol–water partition coefficient (Wildman–Crippen LogP) is 18.0. The highest BCUT2D eigenvalue weighted by atomic mass is 32.1. The molecule has 1 aliphatic rings. The molecule has 11 aromatic carbocycles. The van der Waals surface area contributed by atoms with E-state index in [4.69, 9.17) is 0 Å². The fourth-order valence-electron chi connectivity index (χ4n) is 10.8. The lowest BCUT2D eigenvalue weighted by atomic mass is 9.67. The molecule has 0 spiro atoms. The summed E-state index contributed by atoms with van der Waals surface area (Å²) < 4.78 is 2.64. The van der Waals surface area contributed by atoms with Gasteiger partial charge in [0.2, 0.25) is 0 Å². The van der Waals surface area contributed by atoms with E-state index in [2.05, 4.69) is 266 Å². The summed E-state index contributed by atoms with van der Waals surface area (Å²) in [5.41, 5.74) is 17.8. The minimum absolute atomic E-state index is 0.452. The average molecular weight is 870 g/mol. The molecule has 67 heavy (non-hydrogen) atoms. The molecule has 0 amide bonds. The predicted molar refractivity (Wildman–Crippen MR) is 285 cm³/mol. The van der Waals surface area contributed by atoms with Gasteiger partial charge in [0, 0.05) is 37.2 Å². The second-order valence-corrected chi connectivity index (χ2v) is 18.7. The summed E-state index contributed by atoms with van der Waals surface area (Å²) in [5.74, 6) is 0. The molecule has 0 atom stereocenters. The first-order valence-electron chi connectivity index (χ1n) is 23.1. The summed E-state index contributed by atoms with van der Waals surface area (Å²) in [4.78, 5) is 2.39. The van der Waals surface area contributed by atoms with Crippen molar-refractivity contribution in [3.05, 3.63) is 283 Å². The quantitative estimate of drug-likeness (QED) is 0.147. The topological polar surface area (TPSA) is 3.24 Å². The third-order valence-electron chi connectivity index (χ3n) is 13.9. The highest BCUT2D eigenvalue weighted by Crippen LogP contribution is 2.56.